The van der Waals surface area contributed by atoms with Crippen LogP contribution < -0.4 is 10.9 Å². The van der Waals surface area contributed by atoms with E-state index in [0.717, 1.165) is 41.5 Å². The third-order valence-corrected chi connectivity index (χ3v) is 4.79. The summed E-state index contributed by atoms with van der Waals surface area (Å²) in [6.07, 6.45) is 5.00. The largest absolute Gasteiger partial charge is 0.323 e. The molecule has 0 radical (unpaired) electrons. The smallest absolute Gasteiger partial charge is 0.258 e. The van der Waals surface area contributed by atoms with Gasteiger partial charge in [0.15, 0.2) is 0 Å². The minimum atomic E-state index is -0.249. The van der Waals surface area contributed by atoms with Gasteiger partial charge in [0.25, 0.3) is 5.56 Å². The van der Waals surface area contributed by atoms with Gasteiger partial charge in [-0.1, -0.05) is 35.9 Å². The average molecular weight is 344 g/mol. The standard InChI is InChI=1S/C22H20N2O2/c1-15-7-10-19(11-8-15)23-20(25)12-9-18-14-17-5-2-4-16-6-3-13-24(21(16)17)22(18)26/h2,4-5,7-12,14H,3,6,13H2,1H3,(H,23,25)/b12-9+. The zero-order chi connectivity index (χ0) is 18.1. The van der Waals surface area contributed by atoms with E-state index in [2.05, 4.69) is 11.4 Å². The Hall–Kier alpha value is -3.14. The molecule has 4 rings (SSSR count). The number of aryl methyl sites for hydroxylation is 3. The first-order valence-electron chi connectivity index (χ1n) is 8.83. The molecular formula is C22H20N2O2. The maximum absolute atomic E-state index is 12.8. The molecule has 1 aliphatic heterocycles. The molecular weight excluding hydrogens is 324 g/mol. The lowest BCUT2D eigenvalue weighted by Gasteiger charge is -2.19. The first-order valence-corrected chi connectivity index (χ1v) is 8.83. The van der Waals surface area contributed by atoms with Crippen LogP contribution in [0.2, 0.25) is 0 Å². The number of carbonyl (C=O) groups is 1. The van der Waals surface area contributed by atoms with Crippen LogP contribution in [0.1, 0.15) is 23.1 Å². The summed E-state index contributed by atoms with van der Waals surface area (Å²) in [7, 11) is 0. The zero-order valence-electron chi connectivity index (χ0n) is 14.7. The number of amides is 1. The Morgan fingerprint density at radius 1 is 1.15 bits per heavy atom. The number of nitrogens with one attached hydrogen (secondary N) is 1. The minimum absolute atomic E-state index is 0.0379. The third-order valence-electron chi connectivity index (χ3n) is 4.79. The summed E-state index contributed by atoms with van der Waals surface area (Å²) in [6, 6.07) is 15.6. The Balaban J connectivity index is 1.64. The highest BCUT2D eigenvalue weighted by Crippen LogP contribution is 2.24. The van der Waals surface area contributed by atoms with E-state index < -0.39 is 0 Å². The van der Waals surface area contributed by atoms with E-state index in [-0.39, 0.29) is 11.5 Å². The van der Waals surface area contributed by atoms with Crippen LogP contribution in [0, 0.1) is 6.92 Å². The van der Waals surface area contributed by atoms with E-state index in [1.54, 1.807) is 6.08 Å². The molecule has 3 aromatic rings. The Morgan fingerprint density at radius 3 is 2.77 bits per heavy atom. The molecule has 0 aliphatic carbocycles. The Kier molecular flexibility index (Phi) is 4.17. The van der Waals surface area contributed by atoms with Gasteiger partial charge in [-0.15, -0.1) is 0 Å². The van der Waals surface area contributed by atoms with Gasteiger partial charge in [0.2, 0.25) is 5.91 Å². The molecule has 1 N–H and O–H groups in total. The molecule has 0 unspecified atom stereocenters. The van der Waals surface area contributed by atoms with Gasteiger partial charge in [-0.25, -0.2) is 0 Å². The highest BCUT2D eigenvalue weighted by Gasteiger charge is 2.15. The number of nitrogens with zero attached hydrogens (tertiary/aromatic N) is 1. The number of anilines is 1. The van der Waals surface area contributed by atoms with Crippen molar-refractivity contribution in [3.05, 3.63) is 81.7 Å². The van der Waals surface area contributed by atoms with Crippen LogP contribution >= 0.6 is 0 Å². The van der Waals surface area contributed by atoms with Gasteiger partial charge in [-0.05, 0) is 55.0 Å². The van der Waals surface area contributed by atoms with Gasteiger partial charge < -0.3 is 9.88 Å². The van der Waals surface area contributed by atoms with Crippen LogP contribution in [0.15, 0.2) is 59.4 Å². The first kappa shape index (κ1) is 16.3. The topological polar surface area (TPSA) is 51.1 Å². The Labute approximate surface area is 151 Å². The quantitative estimate of drug-likeness (QED) is 0.733. The number of para-hydroxylation sites is 1. The molecule has 0 spiro atoms. The van der Waals surface area contributed by atoms with Crippen molar-refractivity contribution in [1.29, 1.82) is 0 Å². The summed E-state index contributed by atoms with van der Waals surface area (Å²) in [5, 5.41) is 3.85. The van der Waals surface area contributed by atoms with E-state index in [1.807, 2.05) is 54.0 Å². The predicted octanol–water partition coefficient (Wildman–Crippen LogP) is 3.91. The molecule has 26 heavy (non-hydrogen) atoms. The van der Waals surface area contributed by atoms with Crippen LogP contribution in [-0.2, 0) is 17.8 Å². The Morgan fingerprint density at radius 2 is 1.96 bits per heavy atom. The van der Waals surface area contributed by atoms with Gasteiger partial charge in [-0.2, -0.15) is 0 Å². The van der Waals surface area contributed by atoms with E-state index in [1.165, 1.54) is 11.6 Å². The monoisotopic (exact) mass is 344 g/mol. The Bertz CT molecular complexity index is 1080. The van der Waals surface area contributed by atoms with Crippen molar-refractivity contribution in [2.24, 2.45) is 0 Å². The predicted molar refractivity (Wildman–Crippen MR) is 105 cm³/mol. The third kappa shape index (κ3) is 3.06. The molecule has 130 valence electrons. The molecule has 1 amide bonds. The summed E-state index contributed by atoms with van der Waals surface area (Å²) >= 11 is 0. The molecule has 1 aliphatic rings. The van der Waals surface area contributed by atoms with Crippen molar-refractivity contribution in [2.45, 2.75) is 26.3 Å². The summed E-state index contributed by atoms with van der Waals surface area (Å²) in [6.45, 7) is 2.72. The van der Waals surface area contributed by atoms with Crippen LogP contribution in [0.25, 0.3) is 17.0 Å². The normalized spacial score (nSPS) is 13.3. The fraction of sp³-hybridized carbons (Fsp3) is 0.182. The second-order valence-electron chi connectivity index (χ2n) is 6.70. The summed E-state index contributed by atoms with van der Waals surface area (Å²) in [5.74, 6) is -0.249. The average Bonchev–Trinajstić information content (AvgIpc) is 2.65. The molecule has 0 saturated carbocycles. The maximum atomic E-state index is 12.8. The molecule has 1 aromatic heterocycles. The lowest BCUT2D eigenvalue weighted by atomic mass is 10.00. The highest BCUT2D eigenvalue weighted by atomic mass is 16.1. The highest BCUT2D eigenvalue weighted by molar-refractivity contribution is 6.02. The summed E-state index contributed by atoms with van der Waals surface area (Å²) in [5.41, 5.74) is 4.62. The van der Waals surface area contributed by atoms with Crippen molar-refractivity contribution in [1.82, 2.24) is 4.57 Å². The maximum Gasteiger partial charge on any atom is 0.258 e. The zero-order valence-corrected chi connectivity index (χ0v) is 14.7. The number of hydrogen-bond acceptors (Lipinski definition) is 2. The van der Waals surface area contributed by atoms with Crippen LogP contribution in [0.5, 0.6) is 0 Å². The molecule has 2 heterocycles. The first-order chi connectivity index (χ1) is 12.6. The van der Waals surface area contributed by atoms with Crippen molar-refractivity contribution < 1.29 is 4.79 Å². The van der Waals surface area contributed by atoms with E-state index in [4.69, 9.17) is 0 Å². The van der Waals surface area contributed by atoms with Crippen LogP contribution in [-0.4, -0.2) is 10.5 Å². The number of aromatic nitrogens is 1. The molecule has 0 saturated heterocycles. The summed E-state index contributed by atoms with van der Waals surface area (Å²) in [4.78, 5) is 24.9. The number of benzene rings is 2. The van der Waals surface area contributed by atoms with Crippen molar-refractivity contribution in [2.75, 3.05) is 5.32 Å². The van der Waals surface area contributed by atoms with E-state index in [0.29, 0.717) is 5.56 Å². The van der Waals surface area contributed by atoms with Crippen LogP contribution in [0.4, 0.5) is 5.69 Å². The van der Waals surface area contributed by atoms with Crippen molar-refractivity contribution >= 4 is 28.6 Å². The SMILES string of the molecule is Cc1ccc(NC(=O)/C=C/c2cc3cccc4c3n(c2=O)CCC4)cc1. The van der Waals surface area contributed by atoms with Crippen molar-refractivity contribution in [3.8, 4) is 0 Å². The lowest BCUT2D eigenvalue weighted by Crippen LogP contribution is -2.26. The van der Waals surface area contributed by atoms with Gasteiger partial charge in [0.05, 0.1) is 5.52 Å². The summed E-state index contributed by atoms with van der Waals surface area (Å²) < 4.78 is 1.84. The number of hydrogen-bond donors (Lipinski definition) is 1. The second-order valence-corrected chi connectivity index (χ2v) is 6.70. The van der Waals surface area contributed by atoms with Crippen molar-refractivity contribution in [3.63, 3.8) is 0 Å². The number of rotatable bonds is 3. The molecule has 4 heteroatoms. The van der Waals surface area contributed by atoms with E-state index >= 15 is 0 Å². The fourth-order valence-corrected chi connectivity index (χ4v) is 3.49. The number of pyridine rings is 1. The molecule has 0 fully saturated rings. The van der Waals surface area contributed by atoms with Gasteiger partial charge in [0.1, 0.15) is 0 Å². The fourth-order valence-electron chi connectivity index (χ4n) is 3.49. The molecule has 0 bridgehead atoms. The second kappa shape index (κ2) is 6.64. The minimum Gasteiger partial charge on any atom is -0.323 e. The molecule has 2 aromatic carbocycles. The van der Waals surface area contributed by atoms with Crippen LogP contribution in [0.3, 0.4) is 0 Å². The van der Waals surface area contributed by atoms with Gasteiger partial charge in [0, 0.05) is 23.9 Å². The number of carbonyl (C=O) groups excluding carboxylic acids is 1. The molecule has 0 atom stereocenters. The van der Waals surface area contributed by atoms with Gasteiger partial charge >= 0.3 is 0 Å². The van der Waals surface area contributed by atoms with Gasteiger partial charge in [-0.3, -0.25) is 9.59 Å². The molecule has 4 nitrogen and oxygen atoms in total. The van der Waals surface area contributed by atoms with E-state index in [9.17, 15) is 9.59 Å². The lowest BCUT2D eigenvalue weighted by molar-refractivity contribution is -0.111.